The predicted molar refractivity (Wildman–Crippen MR) is 88.0 cm³/mol. The number of hydrogen-bond donors (Lipinski definition) is 1. The molecule has 22 heavy (non-hydrogen) atoms. The van der Waals surface area contributed by atoms with E-state index in [4.69, 9.17) is 0 Å². The standard InChI is InChI=1S/C18H22N2O2/c1-13-9-10-17(19-11-13)20(12-14(2)18(21)22)15(3)16-7-5-4-6-8-16/h4-11,14-15H,12H2,1-3H3,(H,21,22). The number of aliphatic carboxylic acids is 1. The van der Waals surface area contributed by atoms with E-state index in [1.54, 1.807) is 6.92 Å². The Bertz CT molecular complexity index is 611. The van der Waals surface area contributed by atoms with E-state index >= 15 is 0 Å². The maximum Gasteiger partial charge on any atom is 0.308 e. The number of hydrogen-bond acceptors (Lipinski definition) is 3. The van der Waals surface area contributed by atoms with Gasteiger partial charge < -0.3 is 10.0 Å². The van der Waals surface area contributed by atoms with Crippen LogP contribution in [0.4, 0.5) is 5.82 Å². The van der Waals surface area contributed by atoms with Crippen molar-refractivity contribution < 1.29 is 9.90 Å². The molecule has 4 nitrogen and oxygen atoms in total. The monoisotopic (exact) mass is 298 g/mol. The van der Waals surface area contributed by atoms with Crippen molar-refractivity contribution >= 4 is 11.8 Å². The molecule has 2 unspecified atom stereocenters. The molecule has 1 aromatic heterocycles. The predicted octanol–water partition coefficient (Wildman–Crippen LogP) is 3.68. The van der Waals surface area contributed by atoms with Crippen molar-refractivity contribution in [1.82, 2.24) is 4.98 Å². The lowest BCUT2D eigenvalue weighted by Gasteiger charge is -2.32. The van der Waals surface area contributed by atoms with Crippen molar-refractivity contribution in [3.8, 4) is 0 Å². The molecule has 0 aliphatic rings. The second-order valence-corrected chi connectivity index (χ2v) is 5.67. The molecule has 0 saturated heterocycles. The van der Waals surface area contributed by atoms with Crippen LogP contribution in [0.25, 0.3) is 0 Å². The van der Waals surface area contributed by atoms with Gasteiger partial charge in [-0.1, -0.05) is 43.3 Å². The molecule has 0 bridgehead atoms. The van der Waals surface area contributed by atoms with Gasteiger partial charge in [-0.2, -0.15) is 0 Å². The minimum absolute atomic E-state index is 0.0539. The fourth-order valence-electron chi connectivity index (χ4n) is 2.36. The van der Waals surface area contributed by atoms with Crippen molar-refractivity contribution in [1.29, 1.82) is 0 Å². The molecular formula is C18H22N2O2. The molecule has 0 amide bonds. The first-order valence-electron chi connectivity index (χ1n) is 7.46. The van der Waals surface area contributed by atoms with Crippen molar-refractivity contribution in [2.24, 2.45) is 5.92 Å². The summed E-state index contributed by atoms with van der Waals surface area (Å²) in [6.45, 7) is 6.20. The van der Waals surface area contributed by atoms with Gasteiger partial charge in [0.05, 0.1) is 12.0 Å². The topological polar surface area (TPSA) is 53.4 Å². The Morgan fingerprint density at radius 3 is 2.41 bits per heavy atom. The van der Waals surface area contributed by atoms with E-state index in [9.17, 15) is 9.90 Å². The van der Waals surface area contributed by atoms with E-state index in [0.29, 0.717) is 6.54 Å². The third-order valence-electron chi connectivity index (χ3n) is 3.83. The Morgan fingerprint density at radius 2 is 1.86 bits per heavy atom. The van der Waals surface area contributed by atoms with E-state index in [1.165, 1.54) is 0 Å². The summed E-state index contributed by atoms with van der Waals surface area (Å²) in [5, 5.41) is 9.23. The molecule has 0 aliphatic carbocycles. The van der Waals surface area contributed by atoms with Crippen LogP contribution >= 0.6 is 0 Å². The van der Waals surface area contributed by atoms with Gasteiger partial charge in [-0.25, -0.2) is 4.98 Å². The van der Waals surface area contributed by atoms with Gasteiger partial charge in [-0.15, -0.1) is 0 Å². The van der Waals surface area contributed by atoms with Crippen LogP contribution in [0.3, 0.4) is 0 Å². The smallest absolute Gasteiger partial charge is 0.308 e. The number of carbonyl (C=O) groups is 1. The van der Waals surface area contributed by atoms with E-state index in [2.05, 4.69) is 24.0 Å². The van der Waals surface area contributed by atoms with Crippen LogP contribution in [-0.2, 0) is 4.79 Å². The average molecular weight is 298 g/mol. The highest BCUT2D eigenvalue weighted by Crippen LogP contribution is 2.26. The molecule has 1 heterocycles. The molecule has 4 heteroatoms. The van der Waals surface area contributed by atoms with Gasteiger partial charge in [0.2, 0.25) is 0 Å². The fourth-order valence-corrected chi connectivity index (χ4v) is 2.36. The van der Waals surface area contributed by atoms with Gasteiger partial charge in [0.1, 0.15) is 5.82 Å². The number of anilines is 1. The summed E-state index contributed by atoms with van der Waals surface area (Å²) in [7, 11) is 0. The second kappa shape index (κ2) is 7.07. The lowest BCUT2D eigenvalue weighted by molar-refractivity contribution is -0.140. The van der Waals surface area contributed by atoms with Crippen molar-refractivity contribution in [2.75, 3.05) is 11.4 Å². The quantitative estimate of drug-likeness (QED) is 0.884. The van der Waals surface area contributed by atoms with Gasteiger partial charge in [0, 0.05) is 12.7 Å². The number of benzene rings is 1. The number of carboxylic acid groups (broad SMARTS) is 1. The van der Waals surface area contributed by atoms with Crippen molar-refractivity contribution in [3.63, 3.8) is 0 Å². The molecule has 0 aliphatic heterocycles. The first kappa shape index (κ1) is 16.0. The Kier molecular flexibility index (Phi) is 5.15. The Hall–Kier alpha value is -2.36. The molecule has 0 spiro atoms. The number of carboxylic acids is 1. The molecule has 0 fully saturated rings. The summed E-state index contributed by atoms with van der Waals surface area (Å²) in [6.07, 6.45) is 1.81. The first-order valence-corrected chi connectivity index (χ1v) is 7.46. The molecule has 2 atom stereocenters. The van der Waals surface area contributed by atoms with Crippen LogP contribution in [0.1, 0.15) is 31.0 Å². The highest BCUT2D eigenvalue weighted by atomic mass is 16.4. The number of nitrogens with zero attached hydrogens (tertiary/aromatic N) is 2. The third kappa shape index (κ3) is 3.85. The van der Waals surface area contributed by atoms with E-state index in [1.807, 2.05) is 48.4 Å². The summed E-state index contributed by atoms with van der Waals surface area (Å²) in [6, 6.07) is 14.1. The van der Waals surface area contributed by atoms with E-state index in [-0.39, 0.29) is 6.04 Å². The van der Waals surface area contributed by atoms with Crippen LogP contribution in [0.15, 0.2) is 48.7 Å². The van der Waals surface area contributed by atoms with Crippen LogP contribution in [0.2, 0.25) is 0 Å². The Balaban J connectivity index is 2.32. The lowest BCUT2D eigenvalue weighted by atomic mass is 10.0. The first-order chi connectivity index (χ1) is 10.5. The summed E-state index contributed by atoms with van der Waals surface area (Å²) in [5.74, 6) is -0.457. The number of aryl methyl sites for hydroxylation is 1. The van der Waals surface area contributed by atoms with Gasteiger partial charge in [0.15, 0.2) is 0 Å². The zero-order valence-electron chi connectivity index (χ0n) is 13.2. The summed E-state index contributed by atoms with van der Waals surface area (Å²) in [4.78, 5) is 17.8. The van der Waals surface area contributed by atoms with Crippen LogP contribution in [-0.4, -0.2) is 22.6 Å². The van der Waals surface area contributed by atoms with Crippen LogP contribution < -0.4 is 4.90 Å². The van der Waals surface area contributed by atoms with Crippen molar-refractivity contribution in [3.05, 3.63) is 59.8 Å². The van der Waals surface area contributed by atoms with E-state index < -0.39 is 11.9 Å². The molecular weight excluding hydrogens is 276 g/mol. The average Bonchev–Trinajstić information content (AvgIpc) is 2.53. The minimum atomic E-state index is -0.794. The van der Waals surface area contributed by atoms with Crippen LogP contribution in [0, 0.1) is 12.8 Å². The maximum absolute atomic E-state index is 11.2. The highest BCUT2D eigenvalue weighted by molar-refractivity contribution is 5.70. The molecule has 2 rings (SSSR count). The molecule has 1 N–H and O–H groups in total. The second-order valence-electron chi connectivity index (χ2n) is 5.67. The molecule has 116 valence electrons. The SMILES string of the molecule is Cc1ccc(N(CC(C)C(=O)O)C(C)c2ccccc2)nc1. The van der Waals surface area contributed by atoms with Gasteiger partial charge >= 0.3 is 5.97 Å². The third-order valence-corrected chi connectivity index (χ3v) is 3.83. The van der Waals surface area contributed by atoms with Crippen molar-refractivity contribution in [2.45, 2.75) is 26.8 Å². The zero-order chi connectivity index (χ0) is 16.1. The van der Waals surface area contributed by atoms with E-state index in [0.717, 1.165) is 16.9 Å². The number of pyridine rings is 1. The summed E-state index contributed by atoms with van der Waals surface area (Å²) >= 11 is 0. The molecule has 0 radical (unpaired) electrons. The minimum Gasteiger partial charge on any atom is -0.481 e. The van der Waals surface area contributed by atoms with Gasteiger partial charge in [0.25, 0.3) is 0 Å². The summed E-state index contributed by atoms with van der Waals surface area (Å²) in [5.41, 5.74) is 2.23. The van der Waals surface area contributed by atoms with Gasteiger partial charge in [-0.05, 0) is 31.0 Å². The molecule has 0 saturated carbocycles. The normalized spacial score (nSPS) is 13.4. The largest absolute Gasteiger partial charge is 0.481 e. The number of rotatable bonds is 6. The lowest BCUT2D eigenvalue weighted by Crippen LogP contribution is -2.34. The zero-order valence-corrected chi connectivity index (χ0v) is 13.2. The van der Waals surface area contributed by atoms with Crippen LogP contribution in [0.5, 0.6) is 0 Å². The molecule has 2 aromatic rings. The Labute approximate surface area is 131 Å². The number of aromatic nitrogens is 1. The Morgan fingerprint density at radius 1 is 1.18 bits per heavy atom. The highest BCUT2D eigenvalue weighted by Gasteiger charge is 2.22. The molecule has 1 aromatic carbocycles. The summed E-state index contributed by atoms with van der Waals surface area (Å²) < 4.78 is 0. The maximum atomic E-state index is 11.2. The fraction of sp³-hybridized carbons (Fsp3) is 0.333. The van der Waals surface area contributed by atoms with Gasteiger partial charge in [-0.3, -0.25) is 4.79 Å².